The maximum atomic E-state index is 8.77. The lowest BCUT2D eigenvalue weighted by Gasteiger charge is -2.03. The van der Waals surface area contributed by atoms with Gasteiger partial charge in [0.15, 0.2) is 0 Å². The molecule has 0 radical (unpaired) electrons. The molecule has 1 saturated heterocycles. The maximum Gasteiger partial charge on any atom is 0.340 e. The highest BCUT2D eigenvalue weighted by Gasteiger charge is 2.16. The molecule has 0 saturated carbocycles. The molecule has 1 atom stereocenters. The van der Waals surface area contributed by atoms with Crippen LogP contribution >= 0.6 is 7.82 Å². The minimum absolute atomic E-state index is 0.627. The predicted octanol–water partition coefficient (Wildman–Crippen LogP) is -3.92. The van der Waals surface area contributed by atoms with Crippen LogP contribution in [0, 0.1) is 5.92 Å². The van der Waals surface area contributed by atoms with E-state index in [0.29, 0.717) is 11.9 Å². The third kappa shape index (κ3) is 11.4. The lowest BCUT2D eigenvalue weighted by Crippen LogP contribution is -2.75. The van der Waals surface area contributed by atoms with Gasteiger partial charge in [0.2, 0.25) is 0 Å². The van der Waals surface area contributed by atoms with E-state index in [2.05, 4.69) is 10.3 Å². The van der Waals surface area contributed by atoms with Crippen molar-refractivity contribution in [2.45, 2.75) is 6.42 Å². The van der Waals surface area contributed by atoms with Crippen molar-refractivity contribution in [3.8, 4) is 0 Å². The first-order chi connectivity index (χ1) is 7.33. The van der Waals surface area contributed by atoms with Crippen LogP contribution in [0.5, 0.6) is 0 Å². The lowest BCUT2D eigenvalue weighted by molar-refractivity contribution is -0.423. The molecule has 1 rings (SSSR count). The second-order valence-electron chi connectivity index (χ2n) is 3.26. The molecular weight excluding hydrogens is 237 g/mol. The number of guanidine groups is 1. The minimum atomic E-state index is -4.89. The van der Waals surface area contributed by atoms with Gasteiger partial charge in [-0.3, -0.25) is 20.6 Å². The zero-order valence-electron chi connectivity index (χ0n) is 9.05. The fourth-order valence-electron chi connectivity index (χ4n) is 1.09. The summed E-state index contributed by atoms with van der Waals surface area (Å²) in [4.78, 5) is 25.8. The molecule has 0 aromatic rings. The van der Waals surface area contributed by atoms with E-state index in [1.165, 1.54) is 0 Å². The fraction of sp³-hybridized carbons (Fsp3) is 0.857. The summed E-state index contributed by atoms with van der Waals surface area (Å²) in [5, 5.41) is 3.08. The van der Waals surface area contributed by atoms with E-state index in [4.69, 9.17) is 29.7 Å². The SMILES string of the molecule is C[NH+]=C(N)NCC1CCOC1.O=P([O-])(O)O. The van der Waals surface area contributed by atoms with Crippen LogP contribution in [0.4, 0.5) is 0 Å². The topological polar surface area (TPSA) is 142 Å². The van der Waals surface area contributed by atoms with Gasteiger partial charge < -0.3 is 19.4 Å². The average molecular weight is 255 g/mol. The molecule has 0 aromatic carbocycles. The van der Waals surface area contributed by atoms with Crippen molar-refractivity contribution in [2.24, 2.45) is 11.7 Å². The molecular formula is C7H18N3O5P. The Kier molecular flexibility index (Phi) is 7.27. The molecule has 96 valence electrons. The summed E-state index contributed by atoms with van der Waals surface area (Å²) in [5.74, 6) is 1.26. The molecule has 1 unspecified atom stereocenters. The molecule has 9 heteroatoms. The van der Waals surface area contributed by atoms with Gasteiger partial charge in [0.25, 0.3) is 7.82 Å². The van der Waals surface area contributed by atoms with Gasteiger partial charge >= 0.3 is 5.96 Å². The van der Waals surface area contributed by atoms with Crippen LogP contribution in [0.3, 0.4) is 0 Å². The van der Waals surface area contributed by atoms with Gasteiger partial charge in [-0.2, -0.15) is 0 Å². The third-order valence-electron chi connectivity index (χ3n) is 1.87. The quantitative estimate of drug-likeness (QED) is 0.193. The number of phosphoric acid groups is 1. The van der Waals surface area contributed by atoms with E-state index < -0.39 is 7.82 Å². The summed E-state index contributed by atoms with van der Waals surface area (Å²) in [6, 6.07) is 0. The lowest BCUT2D eigenvalue weighted by atomic mass is 10.1. The highest BCUT2D eigenvalue weighted by molar-refractivity contribution is 7.43. The highest BCUT2D eigenvalue weighted by Crippen LogP contribution is 2.18. The molecule has 1 aliphatic heterocycles. The van der Waals surface area contributed by atoms with Crippen LogP contribution in [-0.2, 0) is 9.30 Å². The van der Waals surface area contributed by atoms with E-state index in [9.17, 15) is 0 Å². The van der Waals surface area contributed by atoms with Crippen molar-refractivity contribution in [3.63, 3.8) is 0 Å². The highest BCUT2D eigenvalue weighted by atomic mass is 31.2. The molecule has 16 heavy (non-hydrogen) atoms. The summed E-state index contributed by atoms with van der Waals surface area (Å²) in [7, 11) is -3.09. The molecule has 1 aliphatic rings. The Morgan fingerprint density at radius 1 is 1.75 bits per heavy atom. The Hall–Kier alpha value is -0.660. The Bertz CT molecular complexity index is 252. The Morgan fingerprint density at radius 2 is 2.31 bits per heavy atom. The maximum absolute atomic E-state index is 8.77. The third-order valence-corrected chi connectivity index (χ3v) is 1.87. The zero-order chi connectivity index (χ0) is 12.6. The Balaban J connectivity index is 0.000000385. The van der Waals surface area contributed by atoms with Crippen molar-refractivity contribution in [2.75, 3.05) is 26.8 Å². The monoisotopic (exact) mass is 255 g/mol. The number of hydrogen-bond acceptors (Lipinski definition) is 3. The van der Waals surface area contributed by atoms with Crippen LogP contribution in [0.15, 0.2) is 0 Å². The van der Waals surface area contributed by atoms with Gasteiger partial charge in [0.05, 0.1) is 20.2 Å². The summed E-state index contributed by atoms with van der Waals surface area (Å²) >= 11 is 0. The normalized spacial score (nSPS) is 21.2. The number of ether oxygens (including phenoxy) is 1. The van der Waals surface area contributed by atoms with Crippen LogP contribution < -0.4 is 20.9 Å². The second-order valence-corrected chi connectivity index (χ2v) is 4.25. The summed E-state index contributed by atoms with van der Waals surface area (Å²) in [6.07, 6.45) is 1.14. The Morgan fingerprint density at radius 3 is 2.69 bits per heavy atom. The van der Waals surface area contributed by atoms with Crippen LogP contribution in [-0.4, -0.2) is 42.6 Å². The van der Waals surface area contributed by atoms with Crippen LogP contribution in [0.2, 0.25) is 0 Å². The first kappa shape index (κ1) is 15.3. The van der Waals surface area contributed by atoms with Gasteiger partial charge in [-0.15, -0.1) is 0 Å². The summed E-state index contributed by atoms with van der Waals surface area (Å²) < 4.78 is 14.0. The molecule has 6 N–H and O–H groups in total. The first-order valence-corrected chi connectivity index (χ1v) is 6.24. The standard InChI is InChI=1S/C7H15N3O.H3O4P/c1-9-7(8)10-4-6-2-3-11-5-6;1-5(2,3)4/h6H,2-5H2,1H3,(H3,8,9,10);(H3,1,2,3,4). The molecule has 0 amide bonds. The zero-order valence-corrected chi connectivity index (χ0v) is 9.94. The van der Waals surface area contributed by atoms with E-state index in [0.717, 1.165) is 26.2 Å². The van der Waals surface area contributed by atoms with E-state index in [1.807, 2.05) is 0 Å². The van der Waals surface area contributed by atoms with Crippen molar-refractivity contribution < 1.29 is 29.0 Å². The second kappa shape index (κ2) is 7.59. The Labute approximate surface area is 93.8 Å². The molecule has 8 nitrogen and oxygen atoms in total. The van der Waals surface area contributed by atoms with Gasteiger partial charge in [0, 0.05) is 12.5 Å². The van der Waals surface area contributed by atoms with Crippen molar-refractivity contribution >= 4 is 13.8 Å². The molecule has 1 fully saturated rings. The van der Waals surface area contributed by atoms with Gasteiger partial charge in [-0.1, -0.05) is 0 Å². The first-order valence-electron chi connectivity index (χ1n) is 4.71. The van der Waals surface area contributed by atoms with E-state index in [-0.39, 0.29) is 0 Å². The predicted molar refractivity (Wildman–Crippen MR) is 55.1 cm³/mol. The van der Waals surface area contributed by atoms with Crippen molar-refractivity contribution in [1.29, 1.82) is 0 Å². The molecule has 0 bridgehead atoms. The van der Waals surface area contributed by atoms with Crippen molar-refractivity contribution in [1.82, 2.24) is 5.32 Å². The van der Waals surface area contributed by atoms with Gasteiger partial charge in [-0.05, 0) is 6.42 Å². The molecule has 0 aromatic heterocycles. The molecule has 0 aliphatic carbocycles. The van der Waals surface area contributed by atoms with E-state index >= 15 is 0 Å². The number of rotatable bonds is 2. The van der Waals surface area contributed by atoms with Crippen LogP contribution in [0.25, 0.3) is 0 Å². The average Bonchev–Trinajstić information content (AvgIpc) is 2.63. The molecule has 1 heterocycles. The fourth-order valence-corrected chi connectivity index (χ4v) is 1.09. The van der Waals surface area contributed by atoms with Crippen LogP contribution in [0.1, 0.15) is 6.42 Å². The van der Waals surface area contributed by atoms with Gasteiger partial charge in [-0.25, -0.2) is 0 Å². The smallest absolute Gasteiger partial charge is 0.340 e. The number of nitrogens with two attached hydrogens (primary N) is 1. The number of hydrogen-bond donors (Lipinski definition) is 5. The van der Waals surface area contributed by atoms with Crippen molar-refractivity contribution in [3.05, 3.63) is 0 Å². The van der Waals surface area contributed by atoms with E-state index in [1.54, 1.807) is 7.05 Å². The largest absolute Gasteiger partial charge is 0.756 e. The minimum Gasteiger partial charge on any atom is -0.756 e. The molecule has 0 spiro atoms. The summed E-state index contributed by atoms with van der Waals surface area (Å²) in [5.41, 5.74) is 5.50. The van der Waals surface area contributed by atoms with Gasteiger partial charge in [0.1, 0.15) is 0 Å². The number of nitrogens with one attached hydrogen (secondary N) is 2. The summed E-state index contributed by atoms with van der Waals surface area (Å²) in [6.45, 7) is 2.67.